The van der Waals surface area contributed by atoms with E-state index >= 15 is 0 Å². The van der Waals surface area contributed by atoms with Gasteiger partial charge in [-0.15, -0.1) is 11.3 Å². The minimum Gasteiger partial charge on any atom is -0.463 e. The molecule has 2 aliphatic rings. The van der Waals surface area contributed by atoms with Crippen molar-refractivity contribution in [3.05, 3.63) is 33.7 Å². The zero-order chi connectivity index (χ0) is 16.2. The van der Waals surface area contributed by atoms with Gasteiger partial charge in [0.1, 0.15) is 0 Å². The van der Waals surface area contributed by atoms with Gasteiger partial charge < -0.3 is 15.4 Å². The highest BCUT2D eigenvalue weighted by atomic mass is 32.1. The molecule has 1 fully saturated rings. The molecule has 7 heteroatoms. The summed E-state index contributed by atoms with van der Waals surface area (Å²) >= 11 is 1.75. The molecule has 0 saturated carbocycles. The fourth-order valence-electron chi connectivity index (χ4n) is 3.10. The molecule has 2 N–H and O–H groups in total. The Morgan fingerprint density at radius 2 is 2.39 bits per heavy atom. The SMILES string of the molecule is CCOC(=O)C1=C(CN2CCCC2c2cccs2)NC(=O)NC1. The molecule has 2 amide bonds. The molecule has 0 aromatic carbocycles. The Balaban J connectivity index is 1.79. The first-order valence-corrected chi connectivity index (χ1v) is 8.78. The van der Waals surface area contributed by atoms with Crippen LogP contribution in [-0.4, -0.2) is 43.1 Å². The molecule has 1 atom stereocenters. The second-order valence-corrected chi connectivity index (χ2v) is 6.61. The van der Waals surface area contributed by atoms with Crippen molar-refractivity contribution in [2.45, 2.75) is 25.8 Å². The van der Waals surface area contributed by atoms with Crippen LogP contribution >= 0.6 is 11.3 Å². The van der Waals surface area contributed by atoms with Gasteiger partial charge in [0.2, 0.25) is 0 Å². The maximum Gasteiger partial charge on any atom is 0.337 e. The molecular weight excluding hydrogens is 314 g/mol. The number of carbonyl (C=O) groups excluding carboxylic acids is 2. The summed E-state index contributed by atoms with van der Waals surface area (Å²) in [4.78, 5) is 27.4. The van der Waals surface area contributed by atoms with Crippen LogP contribution in [0.5, 0.6) is 0 Å². The Hall–Kier alpha value is -1.86. The molecule has 0 aliphatic carbocycles. The lowest BCUT2D eigenvalue weighted by atomic mass is 10.1. The van der Waals surface area contributed by atoms with E-state index < -0.39 is 0 Å². The van der Waals surface area contributed by atoms with Gasteiger partial charge in [0, 0.05) is 23.2 Å². The number of esters is 1. The number of urea groups is 1. The van der Waals surface area contributed by atoms with Crippen LogP contribution in [0.15, 0.2) is 28.8 Å². The van der Waals surface area contributed by atoms with Crippen LogP contribution in [0.25, 0.3) is 0 Å². The van der Waals surface area contributed by atoms with Crippen molar-refractivity contribution in [3.63, 3.8) is 0 Å². The van der Waals surface area contributed by atoms with E-state index in [-0.39, 0.29) is 18.5 Å². The van der Waals surface area contributed by atoms with E-state index in [0.717, 1.165) is 19.4 Å². The fraction of sp³-hybridized carbons (Fsp3) is 0.500. The topological polar surface area (TPSA) is 70.7 Å². The molecule has 6 nitrogen and oxygen atoms in total. The van der Waals surface area contributed by atoms with Gasteiger partial charge in [0.15, 0.2) is 0 Å². The van der Waals surface area contributed by atoms with Crippen LogP contribution in [0.1, 0.15) is 30.7 Å². The number of thiophene rings is 1. The quantitative estimate of drug-likeness (QED) is 0.808. The standard InChI is InChI=1S/C16H21N3O3S/c1-2-22-15(20)11-9-17-16(21)18-12(11)10-19-7-3-5-13(19)14-6-4-8-23-14/h4,6,8,13H,2-3,5,7,9-10H2,1H3,(H2,17,18,21). The normalized spacial score (nSPS) is 22.0. The molecule has 0 radical (unpaired) electrons. The lowest BCUT2D eigenvalue weighted by molar-refractivity contribution is -0.138. The van der Waals surface area contributed by atoms with Crippen LogP contribution in [0.3, 0.4) is 0 Å². The van der Waals surface area contributed by atoms with Crippen molar-refractivity contribution in [2.24, 2.45) is 0 Å². The van der Waals surface area contributed by atoms with E-state index in [0.29, 0.717) is 30.5 Å². The molecular formula is C16H21N3O3S. The Morgan fingerprint density at radius 3 is 3.13 bits per heavy atom. The number of ether oxygens (including phenoxy) is 1. The number of amides is 2. The van der Waals surface area contributed by atoms with E-state index in [9.17, 15) is 9.59 Å². The molecule has 23 heavy (non-hydrogen) atoms. The predicted molar refractivity (Wildman–Crippen MR) is 88.1 cm³/mol. The van der Waals surface area contributed by atoms with Gasteiger partial charge in [0.05, 0.1) is 18.7 Å². The zero-order valence-corrected chi connectivity index (χ0v) is 13.9. The van der Waals surface area contributed by atoms with Crippen molar-refractivity contribution in [3.8, 4) is 0 Å². The Bertz CT molecular complexity index is 612. The minimum absolute atomic E-state index is 0.220. The minimum atomic E-state index is -0.359. The fourth-order valence-corrected chi connectivity index (χ4v) is 4.00. The lowest BCUT2D eigenvalue weighted by Crippen LogP contribution is -2.46. The van der Waals surface area contributed by atoms with Gasteiger partial charge in [-0.25, -0.2) is 9.59 Å². The van der Waals surface area contributed by atoms with Gasteiger partial charge in [-0.1, -0.05) is 6.07 Å². The van der Waals surface area contributed by atoms with Crippen molar-refractivity contribution >= 4 is 23.3 Å². The van der Waals surface area contributed by atoms with Crippen LogP contribution in [0.4, 0.5) is 4.79 Å². The Kier molecular flexibility index (Phi) is 4.97. The third-order valence-electron chi connectivity index (χ3n) is 4.17. The molecule has 1 unspecified atom stereocenters. The van der Waals surface area contributed by atoms with Crippen molar-refractivity contribution in [1.82, 2.24) is 15.5 Å². The third kappa shape index (κ3) is 3.56. The van der Waals surface area contributed by atoms with Gasteiger partial charge in [-0.3, -0.25) is 4.90 Å². The maximum atomic E-state index is 12.1. The number of hydrogen-bond donors (Lipinski definition) is 2. The van der Waals surface area contributed by atoms with Crippen LogP contribution in [0, 0.1) is 0 Å². The maximum absolute atomic E-state index is 12.1. The number of nitrogens with one attached hydrogen (secondary N) is 2. The highest BCUT2D eigenvalue weighted by Crippen LogP contribution is 2.34. The Labute approximate surface area is 139 Å². The largest absolute Gasteiger partial charge is 0.463 e. The third-order valence-corrected chi connectivity index (χ3v) is 5.15. The first-order valence-electron chi connectivity index (χ1n) is 7.90. The van der Waals surface area contributed by atoms with Gasteiger partial charge >= 0.3 is 12.0 Å². The second kappa shape index (κ2) is 7.14. The molecule has 1 aromatic rings. The van der Waals surface area contributed by atoms with E-state index in [4.69, 9.17) is 4.74 Å². The van der Waals surface area contributed by atoms with Crippen LogP contribution in [-0.2, 0) is 9.53 Å². The summed E-state index contributed by atoms with van der Waals surface area (Å²) in [6.45, 7) is 3.85. The number of nitrogens with zero attached hydrogens (tertiary/aromatic N) is 1. The summed E-state index contributed by atoms with van der Waals surface area (Å²) in [6.07, 6.45) is 2.23. The summed E-state index contributed by atoms with van der Waals surface area (Å²) in [5, 5.41) is 7.51. The molecule has 1 saturated heterocycles. The first kappa shape index (κ1) is 16.0. The van der Waals surface area contributed by atoms with Gasteiger partial charge in [-0.05, 0) is 37.8 Å². The van der Waals surface area contributed by atoms with E-state index in [1.165, 1.54) is 4.88 Å². The summed E-state index contributed by atoms with van der Waals surface area (Å²) < 4.78 is 5.11. The smallest absolute Gasteiger partial charge is 0.337 e. The van der Waals surface area contributed by atoms with Crippen LogP contribution < -0.4 is 10.6 Å². The first-order chi connectivity index (χ1) is 11.2. The average Bonchev–Trinajstić information content (AvgIpc) is 3.18. The lowest BCUT2D eigenvalue weighted by Gasteiger charge is -2.28. The Morgan fingerprint density at radius 1 is 1.52 bits per heavy atom. The zero-order valence-electron chi connectivity index (χ0n) is 13.1. The molecule has 3 rings (SSSR count). The molecule has 2 aliphatic heterocycles. The van der Waals surface area contributed by atoms with E-state index in [1.807, 2.05) is 0 Å². The predicted octanol–water partition coefficient (Wildman–Crippen LogP) is 2.01. The summed E-state index contributed by atoms with van der Waals surface area (Å²) in [7, 11) is 0. The number of rotatable bonds is 5. The molecule has 3 heterocycles. The van der Waals surface area contributed by atoms with E-state index in [1.54, 1.807) is 18.3 Å². The molecule has 0 spiro atoms. The van der Waals surface area contributed by atoms with Crippen molar-refractivity contribution < 1.29 is 14.3 Å². The van der Waals surface area contributed by atoms with E-state index in [2.05, 4.69) is 33.0 Å². The van der Waals surface area contributed by atoms with Crippen LogP contribution in [0.2, 0.25) is 0 Å². The van der Waals surface area contributed by atoms with Crippen molar-refractivity contribution in [2.75, 3.05) is 26.2 Å². The number of likely N-dealkylation sites (tertiary alicyclic amines) is 1. The molecule has 0 bridgehead atoms. The molecule has 124 valence electrons. The second-order valence-electron chi connectivity index (χ2n) is 5.63. The highest BCUT2D eigenvalue weighted by Gasteiger charge is 2.31. The summed E-state index contributed by atoms with van der Waals surface area (Å²) in [5.41, 5.74) is 1.18. The van der Waals surface area contributed by atoms with Gasteiger partial charge in [-0.2, -0.15) is 0 Å². The average molecular weight is 335 g/mol. The molecule has 1 aromatic heterocycles. The summed E-state index contributed by atoms with van der Waals surface area (Å²) in [6, 6.07) is 4.30. The summed E-state index contributed by atoms with van der Waals surface area (Å²) in [5.74, 6) is -0.359. The van der Waals surface area contributed by atoms with Crippen molar-refractivity contribution in [1.29, 1.82) is 0 Å². The number of hydrogen-bond acceptors (Lipinski definition) is 5. The van der Waals surface area contributed by atoms with Gasteiger partial charge in [0.25, 0.3) is 0 Å². The highest BCUT2D eigenvalue weighted by molar-refractivity contribution is 7.10. The monoisotopic (exact) mass is 335 g/mol. The number of carbonyl (C=O) groups is 2.